The monoisotopic (exact) mass is 265 g/mol. The third-order valence-corrected chi connectivity index (χ3v) is 3.44. The van der Waals surface area contributed by atoms with Crippen LogP contribution in [0.2, 0.25) is 0 Å². The van der Waals surface area contributed by atoms with Crippen molar-refractivity contribution in [3.05, 3.63) is 18.2 Å². The summed E-state index contributed by atoms with van der Waals surface area (Å²) in [4.78, 5) is 2.38. The normalized spacial score (nSPS) is 19.3. The molecule has 2 rings (SSSR count). The molecule has 0 aromatic heterocycles. The van der Waals surface area contributed by atoms with E-state index in [1.165, 1.54) is 5.69 Å². The molecule has 0 spiro atoms. The number of nitrogens with one attached hydrogen (secondary N) is 2. The Labute approximate surface area is 114 Å². The van der Waals surface area contributed by atoms with Crippen molar-refractivity contribution in [2.45, 2.75) is 6.04 Å². The molecule has 1 aromatic rings. The molecule has 1 aliphatic heterocycles. The number of benzene rings is 1. The average Bonchev–Trinajstić information content (AvgIpc) is 2.47. The minimum Gasteiger partial charge on any atom is -0.493 e. The van der Waals surface area contributed by atoms with Crippen molar-refractivity contribution >= 4 is 5.69 Å². The molecular formula is C14H23N3O2. The molecule has 1 aliphatic rings. The molecule has 0 saturated carbocycles. The Bertz CT molecular complexity index is 410. The number of hydrogen-bond donors (Lipinski definition) is 2. The standard InChI is InChI=1S/C14H23N3O2/c1-15-9-11-10-17(7-6-16-11)12-4-5-13(18-2)14(8-12)19-3/h4-5,8,11,15-16H,6-7,9-10H2,1-3H3. The van der Waals surface area contributed by atoms with E-state index in [0.717, 1.165) is 37.7 Å². The Morgan fingerprint density at radius 3 is 2.79 bits per heavy atom. The van der Waals surface area contributed by atoms with E-state index in [0.29, 0.717) is 6.04 Å². The summed E-state index contributed by atoms with van der Waals surface area (Å²) >= 11 is 0. The SMILES string of the molecule is CNCC1CN(c2ccc(OC)c(OC)c2)CCN1. The Kier molecular flexibility index (Phi) is 4.87. The molecule has 5 heteroatoms. The van der Waals surface area contributed by atoms with E-state index in [4.69, 9.17) is 9.47 Å². The van der Waals surface area contributed by atoms with E-state index in [-0.39, 0.29) is 0 Å². The highest BCUT2D eigenvalue weighted by Gasteiger charge is 2.19. The van der Waals surface area contributed by atoms with E-state index < -0.39 is 0 Å². The fourth-order valence-electron chi connectivity index (χ4n) is 2.46. The molecule has 2 N–H and O–H groups in total. The molecule has 19 heavy (non-hydrogen) atoms. The zero-order valence-corrected chi connectivity index (χ0v) is 11.9. The van der Waals surface area contributed by atoms with Crippen molar-refractivity contribution < 1.29 is 9.47 Å². The van der Waals surface area contributed by atoms with Crippen LogP contribution in [0.25, 0.3) is 0 Å². The number of ether oxygens (including phenoxy) is 2. The first-order valence-electron chi connectivity index (χ1n) is 6.63. The van der Waals surface area contributed by atoms with Gasteiger partial charge in [0.25, 0.3) is 0 Å². The quantitative estimate of drug-likeness (QED) is 0.820. The molecule has 0 bridgehead atoms. The van der Waals surface area contributed by atoms with Crippen molar-refractivity contribution in [2.75, 3.05) is 52.3 Å². The van der Waals surface area contributed by atoms with E-state index in [1.54, 1.807) is 14.2 Å². The molecule has 1 heterocycles. The molecular weight excluding hydrogens is 242 g/mol. The summed E-state index contributed by atoms with van der Waals surface area (Å²) in [6.45, 7) is 3.98. The van der Waals surface area contributed by atoms with Gasteiger partial charge in [0.2, 0.25) is 0 Å². The first kappa shape index (κ1) is 14.0. The molecule has 1 unspecified atom stereocenters. The van der Waals surface area contributed by atoms with Gasteiger partial charge in [0, 0.05) is 44.0 Å². The zero-order valence-electron chi connectivity index (χ0n) is 11.9. The molecule has 1 aromatic carbocycles. The van der Waals surface area contributed by atoms with Crippen LogP contribution in [0.1, 0.15) is 0 Å². The van der Waals surface area contributed by atoms with Gasteiger partial charge in [-0.05, 0) is 19.2 Å². The van der Waals surface area contributed by atoms with Crippen molar-refractivity contribution in [2.24, 2.45) is 0 Å². The average molecular weight is 265 g/mol. The summed E-state index contributed by atoms with van der Waals surface area (Å²) < 4.78 is 10.6. The molecule has 0 aliphatic carbocycles. The van der Waals surface area contributed by atoms with Crippen LogP contribution < -0.4 is 25.0 Å². The Morgan fingerprint density at radius 2 is 2.11 bits per heavy atom. The van der Waals surface area contributed by atoms with E-state index in [2.05, 4.69) is 21.6 Å². The molecule has 1 fully saturated rings. The molecule has 1 saturated heterocycles. The van der Waals surface area contributed by atoms with Crippen LogP contribution in [0.3, 0.4) is 0 Å². The lowest BCUT2D eigenvalue weighted by Crippen LogP contribution is -2.54. The van der Waals surface area contributed by atoms with Crippen LogP contribution in [-0.2, 0) is 0 Å². The summed E-state index contributed by atoms with van der Waals surface area (Å²) in [6.07, 6.45) is 0. The first-order valence-corrected chi connectivity index (χ1v) is 6.63. The number of piperazine rings is 1. The van der Waals surface area contributed by atoms with Gasteiger partial charge in [-0.1, -0.05) is 0 Å². The number of hydrogen-bond acceptors (Lipinski definition) is 5. The van der Waals surface area contributed by atoms with E-state index in [1.807, 2.05) is 19.2 Å². The lowest BCUT2D eigenvalue weighted by Gasteiger charge is -2.35. The Balaban J connectivity index is 2.12. The molecule has 5 nitrogen and oxygen atoms in total. The minimum absolute atomic E-state index is 0.479. The van der Waals surface area contributed by atoms with E-state index >= 15 is 0 Å². The number of rotatable bonds is 5. The first-order chi connectivity index (χ1) is 9.28. The second-order valence-corrected chi connectivity index (χ2v) is 4.69. The predicted molar refractivity (Wildman–Crippen MR) is 77.5 cm³/mol. The second kappa shape index (κ2) is 6.63. The van der Waals surface area contributed by atoms with Crippen LogP contribution in [0.4, 0.5) is 5.69 Å². The van der Waals surface area contributed by atoms with Gasteiger partial charge in [0.05, 0.1) is 14.2 Å². The Hall–Kier alpha value is -1.46. The largest absolute Gasteiger partial charge is 0.493 e. The maximum Gasteiger partial charge on any atom is 0.162 e. The smallest absolute Gasteiger partial charge is 0.162 e. The zero-order chi connectivity index (χ0) is 13.7. The van der Waals surface area contributed by atoms with Gasteiger partial charge in [-0.2, -0.15) is 0 Å². The van der Waals surface area contributed by atoms with Gasteiger partial charge in [-0.3, -0.25) is 0 Å². The lowest BCUT2D eigenvalue weighted by molar-refractivity contribution is 0.354. The third-order valence-electron chi connectivity index (χ3n) is 3.44. The second-order valence-electron chi connectivity index (χ2n) is 4.69. The van der Waals surface area contributed by atoms with E-state index in [9.17, 15) is 0 Å². The van der Waals surface area contributed by atoms with Gasteiger partial charge in [-0.25, -0.2) is 0 Å². The number of anilines is 1. The summed E-state index contributed by atoms with van der Waals surface area (Å²) in [5.41, 5.74) is 1.18. The summed E-state index contributed by atoms with van der Waals surface area (Å²) in [6, 6.07) is 6.57. The topological polar surface area (TPSA) is 45.8 Å². The summed E-state index contributed by atoms with van der Waals surface area (Å²) in [5.74, 6) is 1.55. The maximum atomic E-state index is 5.36. The summed E-state index contributed by atoms with van der Waals surface area (Å²) in [7, 11) is 5.31. The van der Waals surface area contributed by atoms with Gasteiger partial charge in [-0.15, -0.1) is 0 Å². The fraction of sp³-hybridized carbons (Fsp3) is 0.571. The van der Waals surface area contributed by atoms with Crippen LogP contribution in [0.15, 0.2) is 18.2 Å². The minimum atomic E-state index is 0.479. The van der Waals surface area contributed by atoms with Crippen LogP contribution >= 0.6 is 0 Å². The maximum absolute atomic E-state index is 5.36. The summed E-state index contributed by atoms with van der Waals surface area (Å²) in [5, 5.41) is 6.73. The van der Waals surface area contributed by atoms with Gasteiger partial charge in [0.1, 0.15) is 0 Å². The fourth-order valence-corrected chi connectivity index (χ4v) is 2.46. The van der Waals surface area contributed by atoms with Gasteiger partial charge in [0.15, 0.2) is 11.5 Å². The van der Waals surface area contributed by atoms with Gasteiger partial charge < -0.3 is 25.0 Å². The predicted octanol–water partition coefficient (Wildman–Crippen LogP) is 0.701. The van der Waals surface area contributed by atoms with Crippen LogP contribution in [0, 0.1) is 0 Å². The highest BCUT2D eigenvalue weighted by molar-refractivity contribution is 5.56. The highest BCUT2D eigenvalue weighted by atomic mass is 16.5. The molecule has 0 radical (unpaired) electrons. The van der Waals surface area contributed by atoms with Crippen molar-refractivity contribution in [1.82, 2.24) is 10.6 Å². The van der Waals surface area contributed by atoms with Crippen LogP contribution in [-0.4, -0.2) is 53.5 Å². The van der Waals surface area contributed by atoms with Crippen molar-refractivity contribution in [3.63, 3.8) is 0 Å². The number of likely N-dealkylation sites (N-methyl/N-ethyl adjacent to an activating group) is 1. The lowest BCUT2D eigenvalue weighted by atomic mass is 10.1. The third kappa shape index (κ3) is 3.30. The van der Waals surface area contributed by atoms with Gasteiger partial charge >= 0.3 is 0 Å². The highest BCUT2D eigenvalue weighted by Crippen LogP contribution is 2.31. The van der Waals surface area contributed by atoms with Crippen molar-refractivity contribution in [3.8, 4) is 11.5 Å². The number of nitrogens with zero attached hydrogens (tertiary/aromatic N) is 1. The Morgan fingerprint density at radius 1 is 1.32 bits per heavy atom. The molecule has 1 atom stereocenters. The molecule has 106 valence electrons. The number of methoxy groups -OCH3 is 2. The molecule has 0 amide bonds. The van der Waals surface area contributed by atoms with Crippen LogP contribution in [0.5, 0.6) is 11.5 Å². The van der Waals surface area contributed by atoms with Crippen molar-refractivity contribution in [1.29, 1.82) is 0 Å².